The highest BCUT2D eigenvalue weighted by Gasteiger charge is 2.38. The second kappa shape index (κ2) is 7.76. The molecule has 0 spiro atoms. The minimum Gasteiger partial charge on any atom is -0.356 e. The van der Waals surface area contributed by atoms with Gasteiger partial charge in [0.1, 0.15) is 0 Å². The van der Waals surface area contributed by atoms with Crippen molar-refractivity contribution in [3.8, 4) is 0 Å². The number of aromatic nitrogens is 2. The lowest BCUT2D eigenvalue weighted by Crippen LogP contribution is -2.54. The molecule has 3 heterocycles. The van der Waals surface area contributed by atoms with Crippen molar-refractivity contribution in [3.05, 3.63) is 5.69 Å². The Kier molecular flexibility index (Phi) is 5.66. The lowest BCUT2D eigenvalue weighted by Gasteiger charge is -2.38. The Balaban J connectivity index is 1.62. The largest absolute Gasteiger partial charge is 0.356 e. The van der Waals surface area contributed by atoms with E-state index in [0.29, 0.717) is 37.6 Å². The second-order valence-electron chi connectivity index (χ2n) is 6.36. The number of carbonyl (C=O) groups excluding carboxylic acids is 1. The van der Waals surface area contributed by atoms with E-state index in [1.165, 1.54) is 4.90 Å². The number of aliphatic hydroxyl groups excluding tert-OH is 1. The van der Waals surface area contributed by atoms with E-state index in [-0.39, 0.29) is 17.9 Å². The molecule has 0 saturated carbocycles. The minimum atomic E-state index is -1.06. The zero-order valence-corrected chi connectivity index (χ0v) is 14.8. The standard InChI is InChI=1S/C16H25BN4O4/c1-3-20-12-13(18-15(20)17)19(2)16(23)21(14(12)22)8-6-10-25-11-7-4-5-9-24-11/h11,16,23H,3-10H2,1-2H3. The summed E-state index contributed by atoms with van der Waals surface area (Å²) in [6, 6.07) is 0. The van der Waals surface area contributed by atoms with Crippen molar-refractivity contribution >= 4 is 25.3 Å². The van der Waals surface area contributed by atoms with Gasteiger partial charge in [0.05, 0.1) is 12.3 Å². The Labute approximate surface area is 149 Å². The average molecular weight is 348 g/mol. The molecule has 2 aliphatic heterocycles. The molecule has 1 fully saturated rings. The van der Waals surface area contributed by atoms with Crippen LogP contribution in [0, 0.1) is 0 Å². The van der Waals surface area contributed by atoms with Crippen LogP contribution in [0.3, 0.4) is 0 Å². The fourth-order valence-electron chi connectivity index (χ4n) is 3.30. The first-order valence-electron chi connectivity index (χ1n) is 8.85. The number of carbonyl (C=O) groups is 1. The van der Waals surface area contributed by atoms with Crippen LogP contribution < -0.4 is 10.6 Å². The number of anilines is 1. The Hall–Kier alpha value is -1.58. The summed E-state index contributed by atoms with van der Waals surface area (Å²) in [4.78, 5) is 20.0. The van der Waals surface area contributed by atoms with E-state index >= 15 is 0 Å². The van der Waals surface area contributed by atoms with E-state index in [1.54, 1.807) is 16.5 Å². The molecule has 1 amide bonds. The predicted molar refractivity (Wildman–Crippen MR) is 92.9 cm³/mol. The van der Waals surface area contributed by atoms with E-state index < -0.39 is 6.35 Å². The molecule has 2 atom stereocenters. The maximum Gasteiger partial charge on any atom is 0.277 e. The van der Waals surface area contributed by atoms with E-state index in [9.17, 15) is 9.90 Å². The maximum absolute atomic E-state index is 12.8. The van der Waals surface area contributed by atoms with Crippen LogP contribution in [0.15, 0.2) is 0 Å². The van der Waals surface area contributed by atoms with Crippen LogP contribution in [0.1, 0.15) is 43.1 Å². The van der Waals surface area contributed by atoms with Crippen molar-refractivity contribution in [2.24, 2.45) is 0 Å². The molecule has 25 heavy (non-hydrogen) atoms. The van der Waals surface area contributed by atoms with E-state index in [1.807, 2.05) is 6.92 Å². The summed E-state index contributed by atoms with van der Waals surface area (Å²) in [7, 11) is 7.59. The third-order valence-corrected chi connectivity index (χ3v) is 4.70. The minimum absolute atomic E-state index is 0.147. The van der Waals surface area contributed by atoms with Crippen LogP contribution in [0.4, 0.5) is 5.82 Å². The number of nitrogens with zero attached hydrogens (tertiary/aromatic N) is 4. The first kappa shape index (κ1) is 18.2. The number of amides is 1. The highest BCUT2D eigenvalue weighted by molar-refractivity contribution is 6.30. The summed E-state index contributed by atoms with van der Waals surface area (Å²) in [6.45, 7) is 4.04. The molecular formula is C16H25BN4O4. The van der Waals surface area contributed by atoms with Gasteiger partial charge in [0, 0.05) is 26.7 Å². The Morgan fingerprint density at radius 2 is 2.24 bits per heavy atom. The van der Waals surface area contributed by atoms with Crippen LogP contribution in [-0.2, 0) is 16.0 Å². The predicted octanol–water partition coefficient (Wildman–Crippen LogP) is -0.202. The fourth-order valence-corrected chi connectivity index (χ4v) is 3.30. The van der Waals surface area contributed by atoms with Crippen molar-refractivity contribution in [2.75, 3.05) is 31.7 Å². The molecule has 0 aromatic carbocycles. The smallest absolute Gasteiger partial charge is 0.277 e. The van der Waals surface area contributed by atoms with Crippen molar-refractivity contribution < 1.29 is 19.4 Å². The third kappa shape index (κ3) is 3.54. The maximum atomic E-state index is 12.8. The van der Waals surface area contributed by atoms with Crippen molar-refractivity contribution in [1.82, 2.24) is 14.5 Å². The van der Waals surface area contributed by atoms with Gasteiger partial charge in [-0.1, -0.05) is 0 Å². The highest BCUT2D eigenvalue weighted by atomic mass is 16.7. The molecule has 9 heteroatoms. The number of hydrogen-bond acceptors (Lipinski definition) is 6. The van der Waals surface area contributed by atoms with Gasteiger partial charge in [-0.05, 0) is 32.6 Å². The number of imidazole rings is 1. The van der Waals surface area contributed by atoms with Crippen LogP contribution in [0.25, 0.3) is 0 Å². The summed E-state index contributed by atoms with van der Waals surface area (Å²) < 4.78 is 12.9. The van der Waals surface area contributed by atoms with Gasteiger partial charge in [0.2, 0.25) is 6.35 Å². The molecule has 1 saturated heterocycles. The summed E-state index contributed by atoms with van der Waals surface area (Å²) in [5.41, 5.74) is 0.698. The van der Waals surface area contributed by atoms with Gasteiger partial charge < -0.3 is 24.0 Å². The van der Waals surface area contributed by atoms with Crippen LogP contribution >= 0.6 is 0 Å². The number of ether oxygens (including phenoxy) is 2. The van der Waals surface area contributed by atoms with E-state index in [2.05, 4.69) is 4.98 Å². The van der Waals surface area contributed by atoms with Gasteiger partial charge >= 0.3 is 0 Å². The van der Waals surface area contributed by atoms with E-state index in [0.717, 1.165) is 25.9 Å². The lowest BCUT2D eigenvalue weighted by atomic mass is 10.1. The van der Waals surface area contributed by atoms with Gasteiger partial charge in [0.15, 0.2) is 25.6 Å². The molecule has 3 rings (SSSR count). The summed E-state index contributed by atoms with van der Waals surface area (Å²) in [5, 5.41) is 10.5. The first-order valence-corrected chi connectivity index (χ1v) is 8.85. The monoisotopic (exact) mass is 348 g/mol. The van der Waals surface area contributed by atoms with Gasteiger partial charge in [0.25, 0.3) is 5.91 Å². The third-order valence-electron chi connectivity index (χ3n) is 4.70. The molecule has 136 valence electrons. The lowest BCUT2D eigenvalue weighted by molar-refractivity contribution is -0.163. The number of rotatable bonds is 6. The van der Waals surface area contributed by atoms with Gasteiger partial charge in [-0.25, -0.2) is 4.98 Å². The molecule has 2 aliphatic rings. The Morgan fingerprint density at radius 3 is 2.92 bits per heavy atom. The normalized spacial score (nSPS) is 23.9. The number of hydrogen-bond donors (Lipinski definition) is 1. The molecule has 1 aromatic heterocycles. The Bertz CT molecular complexity index is 618. The number of fused-ring (bicyclic) bond motifs is 1. The van der Waals surface area contributed by atoms with Crippen molar-refractivity contribution in [1.29, 1.82) is 0 Å². The summed E-state index contributed by atoms with van der Waals surface area (Å²) in [6.07, 6.45) is 2.51. The molecule has 2 radical (unpaired) electrons. The van der Waals surface area contributed by atoms with Gasteiger partial charge in [-0.3, -0.25) is 9.69 Å². The van der Waals surface area contributed by atoms with Crippen LogP contribution in [0.2, 0.25) is 0 Å². The molecule has 1 N–H and O–H groups in total. The first-order chi connectivity index (χ1) is 12.0. The second-order valence-corrected chi connectivity index (χ2v) is 6.36. The summed E-state index contributed by atoms with van der Waals surface area (Å²) in [5.74, 6) is 0.153. The topological polar surface area (TPSA) is 80.1 Å². The van der Waals surface area contributed by atoms with Crippen LogP contribution in [-0.4, -0.2) is 72.8 Å². The average Bonchev–Trinajstić information content (AvgIpc) is 2.96. The molecular weight excluding hydrogens is 323 g/mol. The summed E-state index contributed by atoms with van der Waals surface area (Å²) >= 11 is 0. The SMILES string of the molecule is [B]c1nc2c(n1CC)C(=O)N(CCCOC1CCCCO1)C(O)N2C. The number of aliphatic hydroxyl groups is 1. The quantitative estimate of drug-likeness (QED) is 0.567. The van der Waals surface area contributed by atoms with E-state index in [4.69, 9.17) is 17.3 Å². The zero-order chi connectivity index (χ0) is 18.0. The van der Waals surface area contributed by atoms with Gasteiger partial charge in [-0.2, -0.15) is 0 Å². The molecule has 1 aromatic rings. The molecule has 8 nitrogen and oxygen atoms in total. The fraction of sp³-hybridized carbons (Fsp3) is 0.750. The van der Waals surface area contributed by atoms with Crippen LogP contribution in [0.5, 0.6) is 0 Å². The molecule has 0 aliphatic carbocycles. The Morgan fingerprint density at radius 1 is 1.44 bits per heavy atom. The highest BCUT2D eigenvalue weighted by Crippen LogP contribution is 2.27. The van der Waals surface area contributed by atoms with Gasteiger partial charge in [-0.15, -0.1) is 0 Å². The zero-order valence-electron chi connectivity index (χ0n) is 14.8. The molecule has 0 bridgehead atoms. The molecule has 2 unspecified atom stereocenters. The van der Waals surface area contributed by atoms with Crippen molar-refractivity contribution in [3.63, 3.8) is 0 Å². The van der Waals surface area contributed by atoms with Crippen molar-refractivity contribution in [2.45, 2.75) is 51.8 Å².